The Balaban J connectivity index is 1.61. The number of nitrogens with zero attached hydrogens (tertiary/aromatic N) is 2. The lowest BCUT2D eigenvalue weighted by atomic mass is 10.1. The Kier molecular flexibility index (Phi) is 9.22. The fourth-order valence-corrected chi connectivity index (χ4v) is 6.86. The Labute approximate surface area is 224 Å². The van der Waals surface area contributed by atoms with Crippen molar-refractivity contribution in [2.45, 2.75) is 36.9 Å². The second-order valence-corrected chi connectivity index (χ2v) is 12.8. The molecule has 0 aromatic heterocycles. The maximum atomic E-state index is 13.3. The number of hydrogen-bond donors (Lipinski definition) is 1. The van der Waals surface area contributed by atoms with Crippen LogP contribution in [0.25, 0.3) is 0 Å². The number of halogens is 4. The number of anilines is 1. The van der Waals surface area contributed by atoms with Crippen LogP contribution in [0.5, 0.6) is 5.75 Å². The highest BCUT2D eigenvalue weighted by molar-refractivity contribution is 7.92. The molecule has 1 aliphatic rings. The van der Waals surface area contributed by atoms with E-state index in [1.807, 2.05) is 0 Å². The van der Waals surface area contributed by atoms with E-state index in [2.05, 4.69) is 5.32 Å². The van der Waals surface area contributed by atoms with E-state index in [0.717, 1.165) is 31.2 Å². The van der Waals surface area contributed by atoms with Crippen LogP contribution >= 0.6 is 11.6 Å². The minimum atomic E-state index is -4.82. The molecule has 2 aromatic rings. The maximum Gasteiger partial charge on any atom is 0.417 e. The van der Waals surface area contributed by atoms with E-state index in [1.54, 1.807) is 0 Å². The van der Waals surface area contributed by atoms with Crippen LogP contribution in [0.2, 0.25) is 5.02 Å². The van der Waals surface area contributed by atoms with Crippen LogP contribution in [0.15, 0.2) is 47.4 Å². The van der Waals surface area contributed by atoms with Gasteiger partial charge in [-0.15, -0.1) is 0 Å². The highest BCUT2D eigenvalue weighted by Gasteiger charge is 2.36. The van der Waals surface area contributed by atoms with Gasteiger partial charge in [0.05, 0.1) is 34.0 Å². The van der Waals surface area contributed by atoms with Gasteiger partial charge < -0.3 is 10.1 Å². The summed E-state index contributed by atoms with van der Waals surface area (Å²) in [6.07, 6.45) is -2.41. The molecular formula is C23H27ClF3N3O6S2. The van der Waals surface area contributed by atoms with Gasteiger partial charge in [-0.1, -0.05) is 11.6 Å². The van der Waals surface area contributed by atoms with Crippen molar-refractivity contribution < 1.29 is 39.5 Å². The third-order valence-corrected chi connectivity index (χ3v) is 9.28. The molecule has 1 fully saturated rings. The zero-order valence-corrected chi connectivity index (χ0v) is 22.9. The molecule has 3 rings (SSSR count). The molecule has 2 aromatic carbocycles. The second-order valence-electron chi connectivity index (χ2n) is 8.62. The minimum Gasteiger partial charge on any atom is -0.492 e. The molecule has 15 heteroatoms. The lowest BCUT2D eigenvalue weighted by Gasteiger charge is -2.29. The van der Waals surface area contributed by atoms with Gasteiger partial charge in [0.15, 0.2) is 0 Å². The number of carbonyl (C=O) groups excluding carboxylic acids is 1. The van der Waals surface area contributed by atoms with Crippen molar-refractivity contribution in [1.82, 2.24) is 9.62 Å². The summed E-state index contributed by atoms with van der Waals surface area (Å²) in [7, 11) is -7.72. The normalized spacial score (nSPS) is 15.7. The molecular weight excluding hydrogens is 571 g/mol. The highest BCUT2D eigenvalue weighted by atomic mass is 35.5. The standard InChI is InChI=1S/C23H27ClF3N3O6S2/c1-16(30(37(2,32)33)17-5-10-21(24)20(15-17)23(25,26)27)22(31)28-11-14-36-18-6-8-19(9-7-18)38(34,35)29-12-3-4-13-29/h5-10,15-16H,3-4,11-14H2,1-2H3,(H,28,31)/t16-/m0/s1. The van der Waals surface area contributed by atoms with Crippen molar-refractivity contribution in [2.75, 3.05) is 36.8 Å². The van der Waals surface area contributed by atoms with Gasteiger partial charge in [0.2, 0.25) is 26.0 Å². The Hall–Kier alpha value is -2.55. The van der Waals surface area contributed by atoms with Gasteiger partial charge in [0.25, 0.3) is 0 Å². The van der Waals surface area contributed by atoms with Crippen molar-refractivity contribution in [3.8, 4) is 5.75 Å². The van der Waals surface area contributed by atoms with Gasteiger partial charge >= 0.3 is 6.18 Å². The Bertz CT molecular complexity index is 1360. The SMILES string of the molecule is C[C@@H](C(=O)NCCOc1ccc(S(=O)(=O)N2CCCC2)cc1)N(c1ccc(Cl)c(C(F)(F)F)c1)S(C)(=O)=O. The van der Waals surface area contributed by atoms with E-state index in [-0.39, 0.29) is 23.7 Å². The molecule has 1 saturated heterocycles. The zero-order chi connectivity index (χ0) is 28.3. The summed E-state index contributed by atoms with van der Waals surface area (Å²) in [4.78, 5) is 12.8. The molecule has 0 spiro atoms. The van der Waals surface area contributed by atoms with Crippen LogP contribution in [0.4, 0.5) is 18.9 Å². The molecule has 1 atom stereocenters. The quantitative estimate of drug-likeness (QED) is 0.420. The van der Waals surface area contributed by atoms with Gasteiger partial charge in [0.1, 0.15) is 18.4 Å². The number of alkyl halides is 3. The van der Waals surface area contributed by atoms with Crippen molar-refractivity contribution in [3.05, 3.63) is 53.1 Å². The maximum absolute atomic E-state index is 13.3. The van der Waals surface area contributed by atoms with Crippen molar-refractivity contribution in [2.24, 2.45) is 0 Å². The average molecular weight is 598 g/mol. The number of nitrogens with one attached hydrogen (secondary N) is 1. The van der Waals surface area contributed by atoms with E-state index >= 15 is 0 Å². The predicted octanol–water partition coefficient (Wildman–Crippen LogP) is 3.49. The first kappa shape index (κ1) is 30.0. The number of rotatable bonds is 10. The number of carbonyl (C=O) groups is 1. The van der Waals surface area contributed by atoms with E-state index < -0.39 is 48.8 Å². The van der Waals surface area contributed by atoms with Crippen LogP contribution in [0.1, 0.15) is 25.3 Å². The van der Waals surface area contributed by atoms with Crippen molar-refractivity contribution >= 4 is 43.2 Å². The number of amides is 1. The molecule has 38 heavy (non-hydrogen) atoms. The summed E-state index contributed by atoms with van der Waals surface area (Å²) in [6.45, 7) is 2.12. The third kappa shape index (κ3) is 7.10. The third-order valence-electron chi connectivity index (χ3n) is 5.79. The molecule has 0 unspecified atom stereocenters. The van der Waals surface area contributed by atoms with Crippen LogP contribution in [0.3, 0.4) is 0 Å². The molecule has 1 amide bonds. The first-order valence-corrected chi connectivity index (χ1v) is 15.2. The minimum absolute atomic E-state index is 0.0330. The average Bonchev–Trinajstić information content (AvgIpc) is 3.37. The lowest BCUT2D eigenvalue weighted by Crippen LogP contribution is -2.48. The number of sulfonamides is 2. The summed E-state index contributed by atoms with van der Waals surface area (Å²) < 4.78 is 97.3. The number of hydrogen-bond acceptors (Lipinski definition) is 6. The first-order chi connectivity index (χ1) is 17.6. The molecule has 0 saturated carbocycles. The van der Waals surface area contributed by atoms with Crippen LogP contribution in [0, 0.1) is 0 Å². The van der Waals surface area contributed by atoms with Crippen LogP contribution in [-0.2, 0) is 31.0 Å². The largest absolute Gasteiger partial charge is 0.492 e. The molecule has 1 aliphatic heterocycles. The van der Waals surface area contributed by atoms with Gasteiger partial charge in [-0.3, -0.25) is 9.10 Å². The Morgan fingerprint density at radius 3 is 2.26 bits per heavy atom. The Morgan fingerprint density at radius 2 is 1.71 bits per heavy atom. The van der Waals surface area contributed by atoms with E-state index in [1.165, 1.54) is 35.5 Å². The van der Waals surface area contributed by atoms with E-state index in [4.69, 9.17) is 16.3 Å². The summed E-state index contributed by atoms with van der Waals surface area (Å²) in [5, 5.41) is 1.88. The summed E-state index contributed by atoms with van der Waals surface area (Å²) in [6, 6.07) is 7.00. The monoisotopic (exact) mass is 597 g/mol. The van der Waals surface area contributed by atoms with E-state index in [0.29, 0.717) is 29.2 Å². The van der Waals surface area contributed by atoms with Crippen molar-refractivity contribution in [1.29, 1.82) is 0 Å². The summed E-state index contributed by atoms with van der Waals surface area (Å²) in [5.41, 5.74) is -1.60. The summed E-state index contributed by atoms with van der Waals surface area (Å²) in [5.74, 6) is -0.416. The van der Waals surface area contributed by atoms with E-state index in [9.17, 15) is 34.8 Å². The van der Waals surface area contributed by atoms with Gasteiger partial charge in [-0.05, 0) is 62.2 Å². The van der Waals surface area contributed by atoms with Gasteiger partial charge in [-0.2, -0.15) is 17.5 Å². The van der Waals surface area contributed by atoms with Crippen molar-refractivity contribution in [3.63, 3.8) is 0 Å². The topological polar surface area (TPSA) is 113 Å². The predicted molar refractivity (Wildman–Crippen MR) is 136 cm³/mol. The molecule has 1 heterocycles. The lowest BCUT2D eigenvalue weighted by molar-refractivity contribution is -0.137. The van der Waals surface area contributed by atoms with Crippen LogP contribution < -0.4 is 14.4 Å². The zero-order valence-electron chi connectivity index (χ0n) is 20.5. The molecule has 0 bridgehead atoms. The van der Waals surface area contributed by atoms with Gasteiger partial charge in [0, 0.05) is 13.1 Å². The number of benzene rings is 2. The van der Waals surface area contributed by atoms with Crippen LogP contribution in [-0.4, -0.2) is 65.6 Å². The molecule has 1 N–H and O–H groups in total. The van der Waals surface area contributed by atoms with Gasteiger partial charge in [-0.25, -0.2) is 16.8 Å². The fourth-order valence-electron chi connectivity index (χ4n) is 3.95. The number of ether oxygens (including phenoxy) is 1. The first-order valence-electron chi connectivity index (χ1n) is 11.5. The molecule has 9 nitrogen and oxygen atoms in total. The molecule has 210 valence electrons. The second kappa shape index (κ2) is 11.7. The fraction of sp³-hybridized carbons (Fsp3) is 0.435. The smallest absolute Gasteiger partial charge is 0.417 e. The Morgan fingerprint density at radius 1 is 1.11 bits per heavy atom. The summed E-state index contributed by atoms with van der Waals surface area (Å²) >= 11 is 5.62. The molecule has 0 radical (unpaired) electrons. The highest BCUT2D eigenvalue weighted by Crippen LogP contribution is 2.37. The molecule has 0 aliphatic carbocycles.